The lowest BCUT2D eigenvalue weighted by atomic mass is 10.1. The Balaban J connectivity index is 1.47. The van der Waals surface area contributed by atoms with Gasteiger partial charge in [0.15, 0.2) is 10.7 Å². The van der Waals surface area contributed by atoms with Gasteiger partial charge in [0, 0.05) is 17.3 Å². The van der Waals surface area contributed by atoms with Gasteiger partial charge in [-0.1, -0.05) is 19.1 Å². The maximum Gasteiger partial charge on any atom is 0.257 e. The highest BCUT2D eigenvalue weighted by Crippen LogP contribution is 2.33. The molecule has 0 atom stereocenters. The number of phenolic OH excluding ortho intramolecular Hbond substituents is 1. The third-order valence-electron chi connectivity index (χ3n) is 5.34. The number of anilines is 1. The summed E-state index contributed by atoms with van der Waals surface area (Å²) in [6, 6.07) is 16.3. The summed E-state index contributed by atoms with van der Waals surface area (Å²) in [5, 5.41) is 16.2. The summed E-state index contributed by atoms with van der Waals surface area (Å²) < 4.78 is 5.80. The first-order valence-corrected chi connectivity index (χ1v) is 10.7. The van der Waals surface area contributed by atoms with Gasteiger partial charge in [-0.3, -0.25) is 10.1 Å². The number of rotatable bonds is 4. The van der Waals surface area contributed by atoms with E-state index in [9.17, 15) is 9.90 Å². The first kappa shape index (κ1) is 21.5. The van der Waals surface area contributed by atoms with Crippen molar-refractivity contribution in [2.45, 2.75) is 27.2 Å². The number of carbonyl (C=O) groups is 1. The number of aryl methyl sites for hydroxylation is 3. The van der Waals surface area contributed by atoms with Crippen molar-refractivity contribution in [3.05, 3.63) is 76.9 Å². The SMILES string of the molecule is CCc1ccc2oc(-c3ccc(NC(=S)NC(=O)c4ccc(C)c(C)c4)cc3O)nc2c1. The maximum absolute atomic E-state index is 12.4. The fraction of sp³-hybridized carbons (Fsp3) is 0.160. The van der Waals surface area contributed by atoms with Gasteiger partial charge in [-0.15, -0.1) is 0 Å². The van der Waals surface area contributed by atoms with Crippen LogP contribution in [0.3, 0.4) is 0 Å². The average molecular weight is 446 g/mol. The third kappa shape index (κ3) is 4.48. The number of hydrogen-bond donors (Lipinski definition) is 3. The van der Waals surface area contributed by atoms with Gasteiger partial charge in [-0.25, -0.2) is 4.98 Å². The lowest BCUT2D eigenvalue weighted by Gasteiger charge is -2.11. The number of thiocarbonyl (C=S) groups is 1. The van der Waals surface area contributed by atoms with Crippen LogP contribution in [0.2, 0.25) is 0 Å². The normalized spacial score (nSPS) is 10.8. The number of nitrogens with one attached hydrogen (secondary N) is 2. The van der Waals surface area contributed by atoms with Gasteiger partial charge in [0.1, 0.15) is 11.3 Å². The molecule has 3 N–H and O–H groups in total. The number of carbonyl (C=O) groups excluding carboxylic acids is 1. The molecule has 162 valence electrons. The van der Waals surface area contributed by atoms with Gasteiger partial charge in [0.25, 0.3) is 5.91 Å². The molecule has 0 unspecified atom stereocenters. The van der Waals surface area contributed by atoms with E-state index in [-0.39, 0.29) is 16.8 Å². The highest BCUT2D eigenvalue weighted by atomic mass is 32.1. The fourth-order valence-electron chi connectivity index (χ4n) is 3.32. The van der Waals surface area contributed by atoms with Gasteiger partial charge in [0.05, 0.1) is 5.56 Å². The lowest BCUT2D eigenvalue weighted by Crippen LogP contribution is -2.34. The number of benzene rings is 3. The molecule has 0 radical (unpaired) electrons. The van der Waals surface area contributed by atoms with Crippen LogP contribution in [0.25, 0.3) is 22.6 Å². The largest absolute Gasteiger partial charge is 0.507 e. The summed E-state index contributed by atoms with van der Waals surface area (Å²) in [5.74, 6) is 0.0212. The lowest BCUT2D eigenvalue weighted by molar-refractivity contribution is 0.0977. The van der Waals surface area contributed by atoms with Crippen LogP contribution < -0.4 is 10.6 Å². The Morgan fingerprint density at radius 1 is 1.06 bits per heavy atom. The first-order valence-electron chi connectivity index (χ1n) is 10.3. The van der Waals surface area contributed by atoms with Crippen LogP contribution in [-0.2, 0) is 6.42 Å². The Labute approximate surface area is 191 Å². The number of aromatic hydroxyl groups is 1. The molecule has 32 heavy (non-hydrogen) atoms. The van der Waals surface area contributed by atoms with Crippen LogP contribution in [0.1, 0.15) is 34.0 Å². The standard InChI is InChI=1S/C25H23N3O3S/c1-4-16-6-10-22-20(12-16)27-24(31-22)19-9-8-18(13-21(19)29)26-25(32)28-23(30)17-7-5-14(2)15(3)11-17/h5-13,29H,4H2,1-3H3,(H2,26,28,30,32). The van der Waals surface area contributed by atoms with Crippen molar-refractivity contribution in [1.29, 1.82) is 0 Å². The molecule has 0 aliphatic carbocycles. The molecule has 0 aliphatic heterocycles. The van der Waals surface area contributed by atoms with Crippen molar-refractivity contribution in [1.82, 2.24) is 10.3 Å². The smallest absolute Gasteiger partial charge is 0.257 e. The minimum atomic E-state index is -0.302. The van der Waals surface area contributed by atoms with Crippen LogP contribution in [0, 0.1) is 13.8 Å². The number of amides is 1. The highest BCUT2D eigenvalue weighted by molar-refractivity contribution is 7.80. The Morgan fingerprint density at radius 2 is 1.88 bits per heavy atom. The second kappa shape index (κ2) is 8.80. The molecular weight excluding hydrogens is 422 g/mol. The number of phenols is 1. The van der Waals surface area contributed by atoms with Crippen molar-refractivity contribution in [3.8, 4) is 17.2 Å². The number of hydrogen-bond acceptors (Lipinski definition) is 5. The number of aromatic nitrogens is 1. The van der Waals surface area contributed by atoms with E-state index in [1.54, 1.807) is 18.2 Å². The van der Waals surface area contributed by atoms with E-state index in [1.807, 2.05) is 44.2 Å². The minimum absolute atomic E-state index is 0.0134. The summed E-state index contributed by atoms with van der Waals surface area (Å²) in [6.45, 7) is 6.02. The van der Waals surface area contributed by atoms with Gasteiger partial charge in [-0.2, -0.15) is 0 Å². The van der Waals surface area contributed by atoms with Gasteiger partial charge < -0.3 is 14.8 Å². The average Bonchev–Trinajstić information content (AvgIpc) is 3.18. The van der Waals surface area contributed by atoms with Gasteiger partial charge in [-0.05, 0) is 85.6 Å². The summed E-state index contributed by atoms with van der Waals surface area (Å²) >= 11 is 5.25. The quantitative estimate of drug-likeness (QED) is 0.359. The van der Waals surface area contributed by atoms with Crippen molar-refractivity contribution in [3.63, 3.8) is 0 Å². The molecule has 7 heteroatoms. The van der Waals surface area contributed by atoms with Gasteiger partial charge in [0.2, 0.25) is 5.89 Å². The maximum atomic E-state index is 12.4. The number of fused-ring (bicyclic) bond motifs is 1. The summed E-state index contributed by atoms with van der Waals surface area (Å²) in [7, 11) is 0. The van der Waals surface area contributed by atoms with Crippen molar-refractivity contribution in [2.24, 2.45) is 0 Å². The predicted molar refractivity (Wildman–Crippen MR) is 130 cm³/mol. The second-order valence-corrected chi connectivity index (χ2v) is 8.02. The molecule has 0 aliphatic rings. The molecule has 4 rings (SSSR count). The van der Waals surface area contributed by atoms with Gasteiger partial charge >= 0.3 is 0 Å². The molecule has 1 aromatic heterocycles. The van der Waals surface area contributed by atoms with Crippen LogP contribution >= 0.6 is 12.2 Å². The van der Waals surface area contributed by atoms with Crippen LogP contribution in [0.15, 0.2) is 59.0 Å². The molecule has 0 fully saturated rings. The first-order chi connectivity index (χ1) is 15.3. The molecule has 0 saturated heterocycles. The predicted octanol–water partition coefficient (Wildman–Crippen LogP) is 5.51. The monoisotopic (exact) mass is 445 g/mol. The van der Waals surface area contributed by atoms with E-state index in [4.69, 9.17) is 16.6 Å². The van der Waals surface area contributed by atoms with E-state index in [0.717, 1.165) is 28.6 Å². The molecular formula is C25H23N3O3S. The zero-order valence-electron chi connectivity index (χ0n) is 18.0. The molecule has 1 heterocycles. The third-order valence-corrected chi connectivity index (χ3v) is 5.55. The highest BCUT2D eigenvalue weighted by Gasteiger charge is 2.14. The Kier molecular flexibility index (Phi) is 5.92. The minimum Gasteiger partial charge on any atom is -0.507 e. The topological polar surface area (TPSA) is 87.4 Å². The van der Waals surface area contributed by atoms with E-state index in [2.05, 4.69) is 22.5 Å². The van der Waals surface area contributed by atoms with Crippen LogP contribution in [-0.4, -0.2) is 21.1 Å². The number of oxazole rings is 1. The zero-order chi connectivity index (χ0) is 22.8. The van der Waals surface area contributed by atoms with E-state index in [0.29, 0.717) is 28.3 Å². The Bertz CT molecular complexity index is 1340. The molecule has 6 nitrogen and oxygen atoms in total. The van der Waals surface area contributed by atoms with Crippen molar-refractivity contribution >= 4 is 40.0 Å². The molecule has 1 amide bonds. The zero-order valence-corrected chi connectivity index (χ0v) is 18.8. The summed E-state index contributed by atoms with van der Waals surface area (Å²) in [4.78, 5) is 16.9. The fourth-order valence-corrected chi connectivity index (χ4v) is 3.53. The summed E-state index contributed by atoms with van der Waals surface area (Å²) in [5.41, 5.74) is 6.24. The summed E-state index contributed by atoms with van der Waals surface area (Å²) in [6.07, 6.45) is 0.906. The molecule has 0 bridgehead atoms. The Hall–Kier alpha value is -3.71. The molecule has 0 spiro atoms. The molecule has 4 aromatic rings. The van der Waals surface area contributed by atoms with E-state index in [1.165, 1.54) is 6.07 Å². The van der Waals surface area contributed by atoms with E-state index < -0.39 is 0 Å². The van der Waals surface area contributed by atoms with Crippen LogP contribution in [0.4, 0.5) is 5.69 Å². The molecule has 0 saturated carbocycles. The Morgan fingerprint density at radius 3 is 2.59 bits per heavy atom. The van der Waals surface area contributed by atoms with Crippen molar-refractivity contribution in [2.75, 3.05) is 5.32 Å². The van der Waals surface area contributed by atoms with E-state index >= 15 is 0 Å². The van der Waals surface area contributed by atoms with Crippen molar-refractivity contribution < 1.29 is 14.3 Å². The molecule has 3 aromatic carbocycles. The second-order valence-electron chi connectivity index (χ2n) is 7.61. The number of nitrogens with zero attached hydrogens (tertiary/aromatic N) is 1. The van der Waals surface area contributed by atoms with Crippen LogP contribution in [0.5, 0.6) is 5.75 Å².